The number of rotatable bonds is 15. The van der Waals surface area contributed by atoms with E-state index in [-0.39, 0.29) is 23.4 Å². The molecule has 1 aromatic rings. The normalized spacial score (nSPS) is 27.0. The Morgan fingerprint density at radius 1 is 0.702 bits per heavy atom. The molecule has 0 saturated heterocycles. The van der Waals surface area contributed by atoms with E-state index in [0.717, 1.165) is 64.2 Å². The molecule has 250 valence electrons. The van der Waals surface area contributed by atoms with Crippen LogP contribution in [-0.4, -0.2) is 11.6 Å². The highest BCUT2D eigenvalue weighted by Crippen LogP contribution is 2.73. The quantitative estimate of drug-likeness (QED) is 0.181. The minimum absolute atomic E-state index is 0.164. The van der Waals surface area contributed by atoms with Crippen LogP contribution >= 0.6 is 0 Å². The van der Waals surface area contributed by atoms with Crippen molar-refractivity contribution in [1.82, 2.24) is 0 Å². The maximum absolute atomic E-state index is 14.1. The topological polar surface area (TPSA) is 34.1 Å². The SMILES string of the molecule is CC(C)=CCC/C(C)=C/CC/C(C)=C/CC/C(C)=C/CC/C(C)=C/CCC1=CCC23C(=O)c4ccccc4C(=O)C2(C)C2C=C1C3C2. The van der Waals surface area contributed by atoms with Gasteiger partial charge in [-0.2, -0.15) is 0 Å². The van der Waals surface area contributed by atoms with Gasteiger partial charge in [0.2, 0.25) is 0 Å². The molecule has 4 aliphatic carbocycles. The van der Waals surface area contributed by atoms with Crippen molar-refractivity contribution in [1.29, 1.82) is 0 Å². The van der Waals surface area contributed by atoms with Gasteiger partial charge in [-0.1, -0.05) is 102 Å². The molecule has 4 aliphatic rings. The minimum atomic E-state index is -0.617. The summed E-state index contributed by atoms with van der Waals surface area (Å²) in [6.45, 7) is 15.5. The molecule has 47 heavy (non-hydrogen) atoms. The van der Waals surface area contributed by atoms with Gasteiger partial charge in [0.25, 0.3) is 0 Å². The lowest BCUT2D eigenvalue weighted by atomic mass is 9.46. The highest BCUT2D eigenvalue weighted by molar-refractivity contribution is 6.20. The smallest absolute Gasteiger partial charge is 0.171 e. The van der Waals surface area contributed by atoms with Gasteiger partial charge in [0, 0.05) is 11.1 Å². The molecule has 2 bridgehead atoms. The van der Waals surface area contributed by atoms with Gasteiger partial charge in [0.15, 0.2) is 11.6 Å². The molecule has 4 atom stereocenters. The van der Waals surface area contributed by atoms with Crippen LogP contribution < -0.4 is 0 Å². The molecular formula is C45H58O2. The Labute approximate surface area is 285 Å². The monoisotopic (exact) mass is 630 g/mol. The van der Waals surface area contributed by atoms with Gasteiger partial charge >= 0.3 is 0 Å². The van der Waals surface area contributed by atoms with Gasteiger partial charge in [0.05, 0.1) is 10.8 Å². The van der Waals surface area contributed by atoms with E-state index < -0.39 is 10.8 Å². The summed E-state index contributed by atoms with van der Waals surface area (Å²) in [6, 6.07) is 7.52. The largest absolute Gasteiger partial charge is 0.293 e. The number of carbonyl (C=O) groups excluding carboxylic acids is 2. The van der Waals surface area contributed by atoms with E-state index in [9.17, 15) is 9.59 Å². The fourth-order valence-electron chi connectivity index (χ4n) is 9.04. The number of allylic oxidation sites excluding steroid dienone is 14. The van der Waals surface area contributed by atoms with Crippen molar-refractivity contribution >= 4 is 11.6 Å². The highest BCUT2D eigenvalue weighted by atomic mass is 16.1. The summed E-state index contributed by atoms with van der Waals surface area (Å²) in [5.74, 6) is 0.735. The first-order valence-corrected chi connectivity index (χ1v) is 18.3. The van der Waals surface area contributed by atoms with Crippen LogP contribution in [0.3, 0.4) is 0 Å². The average molecular weight is 631 g/mol. The van der Waals surface area contributed by atoms with E-state index >= 15 is 0 Å². The van der Waals surface area contributed by atoms with Gasteiger partial charge in [-0.3, -0.25) is 9.59 Å². The molecule has 0 aromatic heterocycles. The molecule has 2 nitrogen and oxygen atoms in total. The lowest BCUT2D eigenvalue weighted by Crippen LogP contribution is -2.58. The maximum atomic E-state index is 14.1. The molecule has 0 heterocycles. The molecule has 5 rings (SSSR count). The standard InChI is InChI=1S/C45H58O2/c1-31(2)15-10-16-32(3)17-11-18-33(4)19-12-20-34(5)21-13-22-35(6)23-14-24-36-27-28-45-41-30-37(29-40(36)41)44(45,7)42(46)38-25-8-9-26-39(38)43(45)47/h8-9,15,17,19,21,23,25-27,29,37,41H,10-14,16,18,20,22,24,28,30H2,1-7H3/b32-17+,33-19+,34-21+,35-23+. The van der Waals surface area contributed by atoms with Crippen LogP contribution in [0.4, 0.5) is 0 Å². The predicted molar refractivity (Wildman–Crippen MR) is 199 cm³/mol. The molecule has 1 aromatic carbocycles. The number of benzene rings is 1. The van der Waals surface area contributed by atoms with Gasteiger partial charge in [-0.15, -0.1) is 0 Å². The van der Waals surface area contributed by atoms with Gasteiger partial charge in [-0.25, -0.2) is 0 Å². The first-order chi connectivity index (χ1) is 22.5. The first-order valence-electron chi connectivity index (χ1n) is 18.3. The Morgan fingerprint density at radius 3 is 1.72 bits per heavy atom. The van der Waals surface area contributed by atoms with Crippen molar-refractivity contribution in [3.8, 4) is 0 Å². The van der Waals surface area contributed by atoms with E-state index in [1.54, 1.807) is 0 Å². The third kappa shape index (κ3) is 6.99. The van der Waals surface area contributed by atoms with E-state index in [2.05, 4.69) is 91.0 Å². The van der Waals surface area contributed by atoms with E-state index in [1.807, 2.05) is 24.3 Å². The zero-order chi connectivity index (χ0) is 33.8. The second kappa shape index (κ2) is 14.9. The number of hydrogen-bond donors (Lipinski definition) is 0. The van der Waals surface area contributed by atoms with Crippen molar-refractivity contribution in [2.45, 2.75) is 126 Å². The molecule has 1 saturated carbocycles. The number of Topliss-reactive ketones (excluding diaryl/α,β-unsaturated/α-hetero) is 2. The van der Waals surface area contributed by atoms with Gasteiger partial charge < -0.3 is 0 Å². The Hall–Kier alpha value is -3.26. The van der Waals surface area contributed by atoms with Crippen LogP contribution in [0.1, 0.15) is 146 Å². The summed E-state index contributed by atoms with van der Waals surface area (Å²) in [4.78, 5) is 27.9. The van der Waals surface area contributed by atoms with Crippen LogP contribution in [0, 0.1) is 22.7 Å². The summed E-state index contributed by atoms with van der Waals surface area (Å²) in [6.07, 6.45) is 29.5. The van der Waals surface area contributed by atoms with Crippen LogP contribution in [0.15, 0.2) is 106 Å². The second-order valence-electron chi connectivity index (χ2n) is 15.5. The molecule has 4 unspecified atom stereocenters. The summed E-state index contributed by atoms with van der Waals surface area (Å²) in [5.41, 5.74) is 10.2. The number of ketones is 2. The first kappa shape index (κ1) is 35.1. The van der Waals surface area contributed by atoms with Crippen molar-refractivity contribution in [3.05, 3.63) is 117 Å². The Bertz CT molecular complexity index is 1600. The van der Waals surface area contributed by atoms with Crippen LogP contribution in [0.25, 0.3) is 0 Å². The summed E-state index contributed by atoms with van der Waals surface area (Å²) in [5, 5.41) is 0. The average Bonchev–Trinajstić information content (AvgIpc) is 3.60. The molecule has 0 amide bonds. The van der Waals surface area contributed by atoms with Crippen molar-refractivity contribution in [2.75, 3.05) is 0 Å². The molecule has 1 fully saturated rings. The molecule has 0 aliphatic heterocycles. The Kier molecular flexibility index (Phi) is 11.1. The molecular weight excluding hydrogens is 572 g/mol. The number of carbonyl (C=O) groups is 2. The zero-order valence-corrected chi connectivity index (χ0v) is 30.3. The lowest BCUT2D eigenvalue weighted by Gasteiger charge is -2.53. The van der Waals surface area contributed by atoms with Crippen molar-refractivity contribution in [3.63, 3.8) is 0 Å². The van der Waals surface area contributed by atoms with Crippen molar-refractivity contribution in [2.24, 2.45) is 22.7 Å². The lowest BCUT2D eigenvalue weighted by molar-refractivity contribution is 0.0215. The Morgan fingerprint density at radius 2 is 1.19 bits per heavy atom. The van der Waals surface area contributed by atoms with E-state index in [1.165, 1.54) is 45.4 Å². The highest BCUT2D eigenvalue weighted by Gasteiger charge is 2.74. The van der Waals surface area contributed by atoms with Crippen molar-refractivity contribution < 1.29 is 9.59 Å². The fourth-order valence-corrected chi connectivity index (χ4v) is 9.04. The Balaban J connectivity index is 1.06. The maximum Gasteiger partial charge on any atom is 0.171 e. The molecule has 0 N–H and O–H groups in total. The third-order valence-corrected chi connectivity index (χ3v) is 11.9. The molecule has 1 spiro atoms. The third-order valence-electron chi connectivity index (χ3n) is 11.9. The molecule has 0 radical (unpaired) electrons. The van der Waals surface area contributed by atoms with Crippen LogP contribution in [0.5, 0.6) is 0 Å². The van der Waals surface area contributed by atoms with Crippen LogP contribution in [-0.2, 0) is 0 Å². The van der Waals surface area contributed by atoms with Gasteiger partial charge in [0.1, 0.15) is 0 Å². The zero-order valence-electron chi connectivity index (χ0n) is 30.3. The van der Waals surface area contributed by atoms with Gasteiger partial charge in [-0.05, 0) is 142 Å². The number of fused-ring (bicyclic) bond motifs is 3. The fraction of sp³-hybridized carbons (Fsp3) is 0.511. The summed E-state index contributed by atoms with van der Waals surface area (Å²) >= 11 is 0. The second-order valence-corrected chi connectivity index (χ2v) is 15.5. The summed E-state index contributed by atoms with van der Waals surface area (Å²) in [7, 11) is 0. The van der Waals surface area contributed by atoms with E-state index in [4.69, 9.17) is 0 Å². The summed E-state index contributed by atoms with van der Waals surface area (Å²) < 4.78 is 0. The van der Waals surface area contributed by atoms with Crippen LogP contribution in [0.2, 0.25) is 0 Å². The minimum Gasteiger partial charge on any atom is -0.293 e. The van der Waals surface area contributed by atoms with E-state index in [0.29, 0.717) is 17.5 Å². The predicted octanol–water partition coefficient (Wildman–Crippen LogP) is 12.6. The molecule has 2 heteroatoms. The number of hydrogen-bond acceptors (Lipinski definition) is 2.